The quantitative estimate of drug-likeness (QED) is 0.841. The van der Waals surface area contributed by atoms with Gasteiger partial charge in [-0.3, -0.25) is 14.6 Å². The van der Waals surface area contributed by atoms with Gasteiger partial charge in [-0.25, -0.2) is 0 Å². The summed E-state index contributed by atoms with van der Waals surface area (Å²) in [7, 11) is 0. The van der Waals surface area contributed by atoms with Gasteiger partial charge in [-0.2, -0.15) is 0 Å². The van der Waals surface area contributed by atoms with Crippen molar-refractivity contribution in [3.8, 4) is 0 Å². The fourth-order valence-corrected chi connectivity index (χ4v) is 3.28. The maximum Gasteiger partial charge on any atom is 0.259 e. The molecule has 1 atom stereocenters. The number of hydrogen-bond acceptors (Lipinski definition) is 3. The highest BCUT2D eigenvalue weighted by Gasteiger charge is 2.33. The standard InChI is InChI=1S/C20H23N3O2/c1-13(2)17-10-9-16(11-21-17)20(25)22-12-14(3)23(15(4)24)19-8-6-5-7-18(19)22/h5-11,13-14H,12H2,1-4H3. The number of carbonyl (C=O) groups is 2. The van der Waals surface area contributed by atoms with E-state index >= 15 is 0 Å². The molecule has 0 spiro atoms. The number of benzene rings is 1. The van der Waals surface area contributed by atoms with E-state index in [1.165, 1.54) is 0 Å². The predicted molar refractivity (Wildman–Crippen MR) is 99.1 cm³/mol. The molecule has 5 nitrogen and oxygen atoms in total. The van der Waals surface area contributed by atoms with E-state index in [0.29, 0.717) is 18.0 Å². The Kier molecular flexibility index (Phi) is 4.57. The highest BCUT2D eigenvalue weighted by molar-refractivity contribution is 6.10. The molecule has 5 heteroatoms. The fourth-order valence-electron chi connectivity index (χ4n) is 3.28. The highest BCUT2D eigenvalue weighted by atomic mass is 16.2. The molecule has 1 aromatic heterocycles. The number of rotatable bonds is 2. The van der Waals surface area contributed by atoms with Crippen molar-refractivity contribution in [1.82, 2.24) is 4.98 Å². The summed E-state index contributed by atoms with van der Waals surface area (Å²) in [5, 5.41) is 0. The largest absolute Gasteiger partial charge is 0.306 e. The summed E-state index contributed by atoms with van der Waals surface area (Å²) < 4.78 is 0. The van der Waals surface area contributed by atoms with Gasteiger partial charge in [-0.05, 0) is 37.1 Å². The Morgan fingerprint density at radius 3 is 2.36 bits per heavy atom. The Labute approximate surface area is 148 Å². The van der Waals surface area contributed by atoms with Crippen molar-refractivity contribution in [2.75, 3.05) is 16.3 Å². The van der Waals surface area contributed by atoms with E-state index < -0.39 is 0 Å². The zero-order chi connectivity index (χ0) is 18.1. The molecule has 2 amide bonds. The maximum absolute atomic E-state index is 13.0. The number of pyridine rings is 1. The van der Waals surface area contributed by atoms with E-state index in [1.54, 1.807) is 22.9 Å². The van der Waals surface area contributed by atoms with Gasteiger partial charge in [-0.15, -0.1) is 0 Å². The molecule has 3 rings (SSSR count). The Bertz CT molecular complexity index is 799. The summed E-state index contributed by atoms with van der Waals surface area (Å²) >= 11 is 0. The lowest BCUT2D eigenvalue weighted by atomic mass is 10.1. The third kappa shape index (κ3) is 3.14. The van der Waals surface area contributed by atoms with Crippen molar-refractivity contribution in [1.29, 1.82) is 0 Å². The van der Waals surface area contributed by atoms with Crippen LogP contribution in [0.5, 0.6) is 0 Å². The van der Waals surface area contributed by atoms with Crippen molar-refractivity contribution in [2.45, 2.75) is 39.7 Å². The van der Waals surface area contributed by atoms with E-state index in [4.69, 9.17) is 0 Å². The summed E-state index contributed by atoms with van der Waals surface area (Å²) in [4.78, 5) is 33.0. The molecule has 130 valence electrons. The van der Waals surface area contributed by atoms with Crippen LogP contribution in [0.4, 0.5) is 11.4 Å². The Morgan fingerprint density at radius 1 is 1.12 bits per heavy atom. The van der Waals surface area contributed by atoms with Crippen LogP contribution < -0.4 is 9.80 Å². The molecule has 0 fully saturated rings. The molecule has 0 radical (unpaired) electrons. The van der Waals surface area contributed by atoms with E-state index in [0.717, 1.165) is 17.1 Å². The number of hydrogen-bond donors (Lipinski definition) is 0. The SMILES string of the molecule is CC(=O)N1c2ccccc2N(C(=O)c2ccc(C(C)C)nc2)CC1C. The van der Waals surface area contributed by atoms with E-state index in [1.807, 2.05) is 43.3 Å². The van der Waals surface area contributed by atoms with E-state index in [9.17, 15) is 9.59 Å². The lowest BCUT2D eigenvalue weighted by Gasteiger charge is -2.40. The molecule has 1 aliphatic heterocycles. The molecule has 25 heavy (non-hydrogen) atoms. The van der Waals surface area contributed by atoms with Crippen LogP contribution in [0.2, 0.25) is 0 Å². The van der Waals surface area contributed by atoms with Crippen molar-refractivity contribution in [2.24, 2.45) is 0 Å². The van der Waals surface area contributed by atoms with Crippen LogP contribution in [0.25, 0.3) is 0 Å². The number of amides is 2. The highest BCUT2D eigenvalue weighted by Crippen LogP contribution is 2.36. The molecule has 1 aliphatic rings. The summed E-state index contributed by atoms with van der Waals surface area (Å²) in [5.41, 5.74) is 3.05. The first-order chi connectivity index (χ1) is 11.9. The third-order valence-electron chi connectivity index (χ3n) is 4.53. The van der Waals surface area contributed by atoms with Crippen molar-refractivity contribution in [3.63, 3.8) is 0 Å². The number of carbonyl (C=O) groups excluding carboxylic acids is 2. The van der Waals surface area contributed by atoms with Crippen molar-refractivity contribution in [3.05, 3.63) is 53.9 Å². The van der Waals surface area contributed by atoms with Crippen molar-refractivity contribution < 1.29 is 9.59 Å². The lowest BCUT2D eigenvalue weighted by Crippen LogP contribution is -2.51. The molecule has 0 aliphatic carbocycles. The first kappa shape index (κ1) is 17.1. The second-order valence-electron chi connectivity index (χ2n) is 6.77. The summed E-state index contributed by atoms with van der Waals surface area (Å²) in [5.74, 6) is 0.212. The van der Waals surface area contributed by atoms with Crippen LogP contribution >= 0.6 is 0 Å². The minimum atomic E-state index is -0.0923. The first-order valence-electron chi connectivity index (χ1n) is 8.56. The molecular formula is C20H23N3O2. The van der Waals surface area contributed by atoms with Gasteiger partial charge in [0, 0.05) is 25.4 Å². The first-order valence-corrected chi connectivity index (χ1v) is 8.56. The minimum Gasteiger partial charge on any atom is -0.306 e. The number of anilines is 2. The van der Waals surface area contributed by atoms with Gasteiger partial charge in [0.05, 0.1) is 23.0 Å². The average molecular weight is 337 g/mol. The van der Waals surface area contributed by atoms with Gasteiger partial charge in [0.25, 0.3) is 5.91 Å². The molecule has 2 heterocycles. The summed E-state index contributed by atoms with van der Waals surface area (Å²) in [6, 6.07) is 11.2. The number of fused-ring (bicyclic) bond motifs is 1. The molecule has 0 bridgehead atoms. The summed E-state index contributed by atoms with van der Waals surface area (Å²) in [6.07, 6.45) is 1.64. The van der Waals surface area contributed by atoms with Gasteiger partial charge < -0.3 is 9.80 Å². The Balaban J connectivity index is 1.98. The van der Waals surface area contributed by atoms with E-state index in [-0.39, 0.29) is 17.9 Å². The number of nitrogens with zero attached hydrogens (tertiary/aromatic N) is 3. The average Bonchev–Trinajstić information content (AvgIpc) is 2.60. The van der Waals surface area contributed by atoms with Crippen LogP contribution in [0.3, 0.4) is 0 Å². The second kappa shape index (κ2) is 6.67. The normalized spacial score (nSPS) is 16.8. The molecule has 1 aromatic carbocycles. The van der Waals surface area contributed by atoms with Gasteiger partial charge in [0.15, 0.2) is 0 Å². The molecule has 1 unspecified atom stereocenters. The number of aromatic nitrogens is 1. The van der Waals surface area contributed by atoms with Crippen LogP contribution in [0, 0.1) is 0 Å². The van der Waals surface area contributed by atoms with Gasteiger partial charge in [0.1, 0.15) is 0 Å². The van der Waals surface area contributed by atoms with Gasteiger partial charge in [0.2, 0.25) is 5.91 Å². The molecule has 2 aromatic rings. The zero-order valence-corrected chi connectivity index (χ0v) is 15.1. The molecule has 0 N–H and O–H groups in total. The number of para-hydroxylation sites is 2. The third-order valence-corrected chi connectivity index (χ3v) is 4.53. The van der Waals surface area contributed by atoms with Gasteiger partial charge >= 0.3 is 0 Å². The van der Waals surface area contributed by atoms with Crippen LogP contribution in [0.15, 0.2) is 42.6 Å². The molecule has 0 saturated heterocycles. The molecule has 0 saturated carbocycles. The Hall–Kier alpha value is -2.69. The minimum absolute atomic E-state index is 0.0185. The fraction of sp³-hybridized carbons (Fsp3) is 0.350. The van der Waals surface area contributed by atoms with Crippen LogP contribution in [-0.2, 0) is 4.79 Å². The van der Waals surface area contributed by atoms with Crippen LogP contribution in [0.1, 0.15) is 49.7 Å². The second-order valence-corrected chi connectivity index (χ2v) is 6.77. The summed E-state index contributed by atoms with van der Waals surface area (Å²) in [6.45, 7) is 8.11. The maximum atomic E-state index is 13.0. The monoisotopic (exact) mass is 337 g/mol. The molecular weight excluding hydrogens is 314 g/mol. The van der Waals surface area contributed by atoms with E-state index in [2.05, 4.69) is 18.8 Å². The van der Waals surface area contributed by atoms with Crippen LogP contribution in [-0.4, -0.2) is 29.4 Å². The lowest BCUT2D eigenvalue weighted by molar-refractivity contribution is -0.117. The predicted octanol–water partition coefficient (Wildman–Crippen LogP) is 3.61. The smallest absolute Gasteiger partial charge is 0.259 e. The van der Waals surface area contributed by atoms with Crippen molar-refractivity contribution >= 4 is 23.2 Å². The Morgan fingerprint density at radius 2 is 1.80 bits per heavy atom. The zero-order valence-electron chi connectivity index (χ0n) is 15.1. The van der Waals surface area contributed by atoms with Gasteiger partial charge in [-0.1, -0.05) is 26.0 Å². The topological polar surface area (TPSA) is 53.5 Å².